The molecule has 4 nitrogen and oxygen atoms in total. The molecule has 4 heteroatoms. The quantitative estimate of drug-likeness (QED) is 0.886. The van der Waals surface area contributed by atoms with Gasteiger partial charge in [-0.25, -0.2) is 4.79 Å². The number of methoxy groups -OCH3 is 1. The Morgan fingerprint density at radius 3 is 2.89 bits per heavy atom. The number of rotatable bonds is 3. The fraction of sp³-hybridized carbons (Fsp3) is 0.357. The van der Waals surface area contributed by atoms with Crippen molar-refractivity contribution in [3.63, 3.8) is 0 Å². The zero-order valence-electron chi connectivity index (χ0n) is 10.6. The molecule has 0 bridgehead atoms. The summed E-state index contributed by atoms with van der Waals surface area (Å²) in [5, 5.41) is 9.28. The van der Waals surface area contributed by atoms with E-state index >= 15 is 0 Å². The largest absolute Gasteiger partial charge is 0.497 e. The molecule has 0 atom stereocenters. The molecule has 1 aromatic rings. The standard InChI is InChI=1S/C14H17NO3/c1-15-7-6-12(14(16)17)13(9-15)10-4-3-5-11(8-10)18-2/h3-5,8H,6-7,9H2,1-2H3,(H,16,17). The van der Waals surface area contributed by atoms with Crippen molar-refractivity contribution in [1.29, 1.82) is 0 Å². The zero-order chi connectivity index (χ0) is 13.1. The second-order valence-corrected chi connectivity index (χ2v) is 4.48. The number of benzene rings is 1. The highest BCUT2D eigenvalue weighted by atomic mass is 16.5. The van der Waals surface area contributed by atoms with Crippen LogP contribution in [0, 0.1) is 0 Å². The van der Waals surface area contributed by atoms with Gasteiger partial charge in [0.2, 0.25) is 0 Å². The van der Waals surface area contributed by atoms with Crippen molar-refractivity contribution in [3.05, 3.63) is 35.4 Å². The third-order valence-electron chi connectivity index (χ3n) is 3.21. The van der Waals surface area contributed by atoms with Crippen LogP contribution in [0.5, 0.6) is 5.75 Å². The van der Waals surface area contributed by atoms with Gasteiger partial charge < -0.3 is 14.7 Å². The highest BCUT2D eigenvalue weighted by molar-refractivity contribution is 5.97. The lowest BCUT2D eigenvalue weighted by atomic mass is 9.94. The van der Waals surface area contributed by atoms with E-state index in [1.54, 1.807) is 7.11 Å². The number of likely N-dealkylation sites (N-methyl/N-ethyl adjacent to an activating group) is 1. The number of carboxylic acids is 1. The van der Waals surface area contributed by atoms with Gasteiger partial charge in [0.25, 0.3) is 0 Å². The maximum absolute atomic E-state index is 11.3. The Hall–Kier alpha value is -1.81. The van der Waals surface area contributed by atoms with Gasteiger partial charge in [-0.15, -0.1) is 0 Å². The Kier molecular flexibility index (Phi) is 3.67. The molecule has 2 rings (SSSR count). The molecule has 1 aliphatic rings. The summed E-state index contributed by atoms with van der Waals surface area (Å²) in [7, 11) is 3.61. The van der Waals surface area contributed by atoms with Crippen LogP contribution in [0.15, 0.2) is 29.8 Å². The van der Waals surface area contributed by atoms with E-state index in [0.717, 1.165) is 23.4 Å². The highest BCUT2D eigenvalue weighted by Crippen LogP contribution is 2.28. The topological polar surface area (TPSA) is 49.8 Å². The number of carbonyl (C=O) groups is 1. The summed E-state index contributed by atoms with van der Waals surface area (Å²) in [6.07, 6.45) is 0.582. The van der Waals surface area contributed by atoms with Crippen molar-refractivity contribution in [2.45, 2.75) is 6.42 Å². The molecule has 0 aromatic heterocycles. The summed E-state index contributed by atoms with van der Waals surface area (Å²) in [6, 6.07) is 7.56. The van der Waals surface area contributed by atoms with Crippen molar-refractivity contribution in [2.24, 2.45) is 0 Å². The Labute approximate surface area is 106 Å². The van der Waals surface area contributed by atoms with E-state index in [9.17, 15) is 9.90 Å². The first-order valence-electron chi connectivity index (χ1n) is 5.90. The van der Waals surface area contributed by atoms with Gasteiger partial charge in [-0.05, 0) is 36.7 Å². The highest BCUT2D eigenvalue weighted by Gasteiger charge is 2.22. The molecule has 0 spiro atoms. The van der Waals surface area contributed by atoms with Gasteiger partial charge >= 0.3 is 5.97 Å². The number of hydrogen-bond acceptors (Lipinski definition) is 3. The summed E-state index contributed by atoms with van der Waals surface area (Å²) in [6.45, 7) is 1.45. The van der Waals surface area contributed by atoms with Crippen LogP contribution in [0.3, 0.4) is 0 Å². The maximum Gasteiger partial charge on any atom is 0.331 e. The van der Waals surface area contributed by atoms with Crippen LogP contribution in [0.25, 0.3) is 5.57 Å². The Morgan fingerprint density at radius 2 is 2.22 bits per heavy atom. The number of aliphatic carboxylic acids is 1. The fourth-order valence-electron chi connectivity index (χ4n) is 2.21. The Morgan fingerprint density at radius 1 is 1.44 bits per heavy atom. The van der Waals surface area contributed by atoms with Crippen LogP contribution >= 0.6 is 0 Å². The first kappa shape index (κ1) is 12.6. The van der Waals surface area contributed by atoms with Crippen molar-refractivity contribution >= 4 is 11.5 Å². The molecule has 1 heterocycles. The predicted molar refractivity (Wildman–Crippen MR) is 69.7 cm³/mol. The Bertz CT molecular complexity index is 494. The second-order valence-electron chi connectivity index (χ2n) is 4.48. The summed E-state index contributed by atoms with van der Waals surface area (Å²) in [4.78, 5) is 13.4. The van der Waals surface area contributed by atoms with E-state index in [-0.39, 0.29) is 0 Å². The number of carboxylic acid groups (broad SMARTS) is 1. The lowest BCUT2D eigenvalue weighted by Gasteiger charge is -2.26. The van der Waals surface area contributed by atoms with Gasteiger partial charge in [-0.2, -0.15) is 0 Å². The monoisotopic (exact) mass is 247 g/mol. The van der Waals surface area contributed by atoms with E-state index < -0.39 is 5.97 Å². The van der Waals surface area contributed by atoms with Crippen molar-refractivity contribution < 1.29 is 14.6 Å². The van der Waals surface area contributed by atoms with Gasteiger partial charge in [-0.1, -0.05) is 12.1 Å². The third-order valence-corrected chi connectivity index (χ3v) is 3.21. The summed E-state index contributed by atoms with van der Waals surface area (Å²) < 4.78 is 5.18. The molecule has 96 valence electrons. The third kappa shape index (κ3) is 2.54. The molecule has 0 radical (unpaired) electrons. The first-order valence-corrected chi connectivity index (χ1v) is 5.90. The smallest absolute Gasteiger partial charge is 0.331 e. The SMILES string of the molecule is COc1cccc(C2=C(C(=O)O)CCN(C)C2)c1. The fourth-order valence-corrected chi connectivity index (χ4v) is 2.21. The predicted octanol–water partition coefficient (Wildman–Crippen LogP) is 1.87. The van der Waals surface area contributed by atoms with Crippen molar-refractivity contribution in [1.82, 2.24) is 4.90 Å². The van der Waals surface area contributed by atoms with Crippen LogP contribution in [-0.4, -0.2) is 43.2 Å². The molecule has 0 amide bonds. The zero-order valence-corrected chi connectivity index (χ0v) is 10.6. The van der Waals surface area contributed by atoms with Gasteiger partial charge in [0.15, 0.2) is 0 Å². The molecular weight excluding hydrogens is 230 g/mol. The van der Waals surface area contributed by atoms with E-state index in [1.807, 2.05) is 31.3 Å². The minimum atomic E-state index is -0.819. The van der Waals surface area contributed by atoms with Crippen LogP contribution in [0.1, 0.15) is 12.0 Å². The average Bonchev–Trinajstić information content (AvgIpc) is 2.38. The Balaban J connectivity index is 2.46. The minimum Gasteiger partial charge on any atom is -0.497 e. The van der Waals surface area contributed by atoms with Gasteiger partial charge in [0, 0.05) is 18.7 Å². The molecule has 18 heavy (non-hydrogen) atoms. The molecule has 0 fully saturated rings. The first-order chi connectivity index (χ1) is 8.61. The van der Waals surface area contributed by atoms with Gasteiger partial charge in [-0.3, -0.25) is 0 Å². The normalized spacial score (nSPS) is 16.8. The lowest BCUT2D eigenvalue weighted by molar-refractivity contribution is -0.132. The molecular formula is C14H17NO3. The molecule has 0 unspecified atom stereocenters. The summed E-state index contributed by atoms with van der Waals surface area (Å²) in [5.41, 5.74) is 2.33. The molecule has 0 aliphatic carbocycles. The molecule has 0 saturated carbocycles. The van der Waals surface area contributed by atoms with Crippen LogP contribution in [-0.2, 0) is 4.79 Å². The van der Waals surface area contributed by atoms with E-state index in [2.05, 4.69) is 4.90 Å². The molecule has 1 N–H and O–H groups in total. The minimum absolute atomic E-state index is 0.515. The lowest BCUT2D eigenvalue weighted by Crippen LogP contribution is -2.29. The molecule has 0 saturated heterocycles. The average molecular weight is 247 g/mol. The van der Waals surface area contributed by atoms with E-state index in [4.69, 9.17) is 4.74 Å². The van der Waals surface area contributed by atoms with Gasteiger partial charge in [0.05, 0.1) is 7.11 Å². The summed E-state index contributed by atoms with van der Waals surface area (Å²) in [5.74, 6) is -0.0705. The number of hydrogen-bond donors (Lipinski definition) is 1. The van der Waals surface area contributed by atoms with Crippen LogP contribution < -0.4 is 4.74 Å². The van der Waals surface area contributed by atoms with E-state index in [1.165, 1.54) is 0 Å². The molecule has 1 aliphatic heterocycles. The number of nitrogens with zero attached hydrogens (tertiary/aromatic N) is 1. The second kappa shape index (κ2) is 5.23. The molecule has 1 aromatic carbocycles. The maximum atomic E-state index is 11.3. The van der Waals surface area contributed by atoms with E-state index in [0.29, 0.717) is 18.5 Å². The van der Waals surface area contributed by atoms with Crippen LogP contribution in [0.4, 0.5) is 0 Å². The van der Waals surface area contributed by atoms with Crippen molar-refractivity contribution in [3.8, 4) is 5.75 Å². The van der Waals surface area contributed by atoms with Crippen molar-refractivity contribution in [2.75, 3.05) is 27.2 Å². The van der Waals surface area contributed by atoms with Gasteiger partial charge in [0.1, 0.15) is 5.75 Å². The van der Waals surface area contributed by atoms with Crippen LogP contribution in [0.2, 0.25) is 0 Å². The summed E-state index contributed by atoms with van der Waals surface area (Å²) >= 11 is 0. The number of ether oxygens (including phenoxy) is 1.